The maximum atomic E-state index is 13.8. The molecule has 3 aromatic heterocycles. The molecule has 0 amide bonds. The molecule has 5 rings (SSSR count). The molecule has 0 saturated carbocycles. The standard InChI is InChI=1S/C22H25ClN6O4/c1-14(12-31-2)20-25-21(33-26-20)17-19-22(30)28(7-6-27-8-10-32-11-9-27)18-15(23)4-3-5-16(18)29(19)13-24-17/h3-5,13-14H,6-12H2,1-2H3. The summed E-state index contributed by atoms with van der Waals surface area (Å²) in [7, 11) is 1.62. The van der Waals surface area contributed by atoms with Crippen molar-refractivity contribution in [3.05, 3.63) is 45.7 Å². The molecular weight excluding hydrogens is 448 g/mol. The summed E-state index contributed by atoms with van der Waals surface area (Å²) in [5.41, 5.74) is 1.98. The molecule has 1 aliphatic rings. The molecule has 0 N–H and O–H groups in total. The molecule has 0 bridgehead atoms. The average Bonchev–Trinajstić information content (AvgIpc) is 3.48. The third-order valence-electron chi connectivity index (χ3n) is 5.96. The van der Waals surface area contributed by atoms with Gasteiger partial charge in [-0.2, -0.15) is 4.98 Å². The van der Waals surface area contributed by atoms with Gasteiger partial charge in [0.25, 0.3) is 11.4 Å². The van der Waals surface area contributed by atoms with E-state index in [1.165, 1.54) is 0 Å². The molecule has 4 aromatic rings. The van der Waals surface area contributed by atoms with E-state index in [2.05, 4.69) is 20.0 Å². The van der Waals surface area contributed by atoms with Gasteiger partial charge < -0.3 is 18.6 Å². The number of para-hydroxylation sites is 1. The van der Waals surface area contributed by atoms with E-state index in [0.717, 1.165) is 18.6 Å². The van der Waals surface area contributed by atoms with Crippen LogP contribution in [0.5, 0.6) is 0 Å². The third kappa shape index (κ3) is 4.04. The number of benzene rings is 1. The van der Waals surface area contributed by atoms with Crippen molar-refractivity contribution in [1.29, 1.82) is 0 Å². The predicted octanol–water partition coefficient (Wildman–Crippen LogP) is 2.43. The fourth-order valence-corrected chi connectivity index (χ4v) is 4.49. The number of rotatable bonds is 7. The van der Waals surface area contributed by atoms with Crippen molar-refractivity contribution in [2.75, 3.05) is 46.6 Å². The molecular formula is C22H25ClN6O4. The maximum absolute atomic E-state index is 13.8. The van der Waals surface area contributed by atoms with Crippen molar-refractivity contribution >= 4 is 28.2 Å². The minimum absolute atomic E-state index is 0.0498. The molecule has 11 heteroatoms. The van der Waals surface area contributed by atoms with Gasteiger partial charge in [0.2, 0.25) is 0 Å². The molecule has 1 saturated heterocycles. The number of hydrogen-bond donors (Lipinski definition) is 0. The Bertz CT molecular complexity index is 1340. The average molecular weight is 473 g/mol. The Balaban J connectivity index is 1.63. The number of methoxy groups -OCH3 is 1. The van der Waals surface area contributed by atoms with Crippen molar-refractivity contribution in [3.8, 4) is 11.6 Å². The first kappa shape index (κ1) is 22.0. The Morgan fingerprint density at radius 1 is 1.21 bits per heavy atom. The SMILES string of the molecule is COCC(C)c1noc(-c2ncn3c2c(=O)n(CCN2CCOCC2)c2c(Cl)cccc23)n1. The first-order valence-corrected chi connectivity index (χ1v) is 11.3. The van der Waals surface area contributed by atoms with Gasteiger partial charge in [-0.05, 0) is 12.1 Å². The second-order valence-corrected chi connectivity index (χ2v) is 8.55. The highest BCUT2D eigenvalue weighted by molar-refractivity contribution is 6.35. The van der Waals surface area contributed by atoms with Crippen LogP contribution < -0.4 is 5.56 Å². The predicted molar refractivity (Wildman–Crippen MR) is 123 cm³/mol. The summed E-state index contributed by atoms with van der Waals surface area (Å²) >= 11 is 6.57. The molecule has 1 aliphatic heterocycles. The van der Waals surface area contributed by atoms with Crippen LogP contribution in [0, 0.1) is 0 Å². The molecule has 1 atom stereocenters. The van der Waals surface area contributed by atoms with Gasteiger partial charge in [0, 0.05) is 39.2 Å². The van der Waals surface area contributed by atoms with E-state index in [-0.39, 0.29) is 17.4 Å². The number of imidazole rings is 1. The lowest BCUT2D eigenvalue weighted by molar-refractivity contribution is 0.0364. The van der Waals surface area contributed by atoms with E-state index >= 15 is 0 Å². The van der Waals surface area contributed by atoms with Gasteiger partial charge in [-0.15, -0.1) is 0 Å². The molecule has 0 aliphatic carbocycles. The van der Waals surface area contributed by atoms with E-state index in [1.807, 2.05) is 19.1 Å². The normalized spacial score (nSPS) is 16.1. The number of aromatic nitrogens is 5. The molecule has 33 heavy (non-hydrogen) atoms. The van der Waals surface area contributed by atoms with Gasteiger partial charge in [-0.25, -0.2) is 4.98 Å². The number of morpholine rings is 1. The fraction of sp³-hybridized carbons (Fsp3) is 0.455. The molecule has 1 aromatic carbocycles. The van der Waals surface area contributed by atoms with Crippen LogP contribution in [0.4, 0.5) is 0 Å². The summed E-state index contributed by atoms with van der Waals surface area (Å²) in [4.78, 5) is 25.0. The van der Waals surface area contributed by atoms with E-state index in [4.69, 9.17) is 25.6 Å². The van der Waals surface area contributed by atoms with Gasteiger partial charge in [-0.3, -0.25) is 14.1 Å². The summed E-state index contributed by atoms with van der Waals surface area (Å²) in [6.07, 6.45) is 1.60. The van der Waals surface area contributed by atoms with Crippen molar-refractivity contribution in [2.45, 2.75) is 19.4 Å². The number of ether oxygens (including phenoxy) is 2. The number of halogens is 1. The Morgan fingerprint density at radius 2 is 2.03 bits per heavy atom. The second-order valence-electron chi connectivity index (χ2n) is 8.14. The number of hydrogen-bond acceptors (Lipinski definition) is 8. The topological polar surface area (TPSA) is 99.9 Å². The Morgan fingerprint density at radius 3 is 2.82 bits per heavy atom. The zero-order valence-electron chi connectivity index (χ0n) is 18.5. The third-order valence-corrected chi connectivity index (χ3v) is 6.26. The molecule has 0 spiro atoms. The molecule has 4 heterocycles. The summed E-state index contributed by atoms with van der Waals surface area (Å²) < 4.78 is 19.6. The van der Waals surface area contributed by atoms with Crippen LogP contribution in [0.1, 0.15) is 18.7 Å². The largest absolute Gasteiger partial charge is 0.384 e. The number of fused-ring (bicyclic) bond motifs is 3. The molecule has 174 valence electrons. The van der Waals surface area contributed by atoms with E-state index < -0.39 is 0 Å². The highest BCUT2D eigenvalue weighted by Gasteiger charge is 2.23. The monoisotopic (exact) mass is 472 g/mol. The molecule has 10 nitrogen and oxygen atoms in total. The summed E-state index contributed by atoms with van der Waals surface area (Å²) in [5.74, 6) is 0.657. The number of nitrogens with zero attached hydrogens (tertiary/aromatic N) is 6. The molecule has 1 fully saturated rings. The smallest absolute Gasteiger partial charge is 0.278 e. The van der Waals surface area contributed by atoms with Crippen LogP contribution in [0.25, 0.3) is 28.1 Å². The second kappa shape index (κ2) is 9.22. The minimum atomic E-state index is -0.207. The Hall–Kier alpha value is -2.79. The Kier molecular flexibility index (Phi) is 6.15. The van der Waals surface area contributed by atoms with Crippen molar-refractivity contribution in [1.82, 2.24) is 29.0 Å². The van der Waals surface area contributed by atoms with Crippen LogP contribution in [0.3, 0.4) is 0 Å². The van der Waals surface area contributed by atoms with Gasteiger partial charge in [0.1, 0.15) is 11.8 Å². The van der Waals surface area contributed by atoms with Crippen molar-refractivity contribution in [2.24, 2.45) is 0 Å². The van der Waals surface area contributed by atoms with Crippen LogP contribution >= 0.6 is 11.6 Å². The van der Waals surface area contributed by atoms with Crippen LogP contribution in [-0.2, 0) is 16.0 Å². The lowest BCUT2D eigenvalue weighted by Gasteiger charge is -2.27. The van der Waals surface area contributed by atoms with Gasteiger partial charge >= 0.3 is 0 Å². The van der Waals surface area contributed by atoms with Gasteiger partial charge in [-0.1, -0.05) is 29.7 Å². The summed E-state index contributed by atoms with van der Waals surface area (Å²) in [6, 6.07) is 5.57. The molecule has 1 unspecified atom stereocenters. The lowest BCUT2D eigenvalue weighted by Crippen LogP contribution is -2.39. The lowest BCUT2D eigenvalue weighted by atomic mass is 10.2. The van der Waals surface area contributed by atoms with E-state index in [9.17, 15) is 4.79 Å². The van der Waals surface area contributed by atoms with Gasteiger partial charge in [0.05, 0.1) is 35.9 Å². The zero-order chi connectivity index (χ0) is 22.9. The van der Waals surface area contributed by atoms with E-state index in [1.54, 1.807) is 28.5 Å². The maximum Gasteiger partial charge on any atom is 0.278 e. The molecule has 0 radical (unpaired) electrons. The minimum Gasteiger partial charge on any atom is -0.384 e. The first-order valence-electron chi connectivity index (χ1n) is 10.9. The van der Waals surface area contributed by atoms with Crippen LogP contribution in [0.2, 0.25) is 5.02 Å². The van der Waals surface area contributed by atoms with Crippen LogP contribution in [0.15, 0.2) is 33.8 Å². The quantitative estimate of drug-likeness (QED) is 0.404. The zero-order valence-corrected chi connectivity index (χ0v) is 19.3. The first-order chi connectivity index (χ1) is 16.1. The summed E-state index contributed by atoms with van der Waals surface area (Å²) in [5, 5.41) is 4.57. The Labute approximate surface area is 194 Å². The van der Waals surface area contributed by atoms with Gasteiger partial charge in [0.15, 0.2) is 11.5 Å². The van der Waals surface area contributed by atoms with Crippen LogP contribution in [-0.4, -0.2) is 75.6 Å². The van der Waals surface area contributed by atoms with E-state index in [0.29, 0.717) is 60.5 Å². The fourth-order valence-electron chi connectivity index (χ4n) is 4.22. The highest BCUT2D eigenvalue weighted by atomic mass is 35.5. The highest BCUT2D eigenvalue weighted by Crippen LogP contribution is 2.27. The summed E-state index contributed by atoms with van der Waals surface area (Å²) in [6.45, 7) is 6.67. The van der Waals surface area contributed by atoms with Crippen molar-refractivity contribution < 1.29 is 14.0 Å². The van der Waals surface area contributed by atoms with Crippen molar-refractivity contribution in [3.63, 3.8) is 0 Å².